The third-order valence-electron chi connectivity index (χ3n) is 4.15. The molecule has 114 valence electrons. The number of hydrogen-bond acceptors (Lipinski definition) is 4. The van der Waals surface area contributed by atoms with Crippen LogP contribution in [-0.4, -0.2) is 38.3 Å². The molecule has 0 spiro atoms. The van der Waals surface area contributed by atoms with E-state index < -0.39 is 0 Å². The molecule has 5 heteroatoms. The first-order valence-corrected chi connectivity index (χ1v) is 7.67. The van der Waals surface area contributed by atoms with Gasteiger partial charge in [0, 0.05) is 6.54 Å². The number of benzene rings is 1. The average molecular weight is 290 g/mol. The Morgan fingerprint density at radius 2 is 2.24 bits per heavy atom. The number of anilines is 2. The van der Waals surface area contributed by atoms with Gasteiger partial charge in [0.15, 0.2) is 0 Å². The lowest BCUT2D eigenvalue weighted by molar-refractivity contribution is -0.120. The van der Waals surface area contributed by atoms with E-state index in [0.717, 1.165) is 30.1 Å². The molecule has 1 aromatic rings. The van der Waals surface area contributed by atoms with Gasteiger partial charge in [0.2, 0.25) is 5.91 Å². The van der Waals surface area contributed by atoms with Crippen LogP contribution < -0.4 is 15.0 Å². The van der Waals surface area contributed by atoms with E-state index in [9.17, 15) is 4.79 Å². The second-order valence-corrected chi connectivity index (χ2v) is 5.49. The number of hydrogen-bond donors (Lipinski definition) is 1. The average Bonchev–Trinajstić information content (AvgIpc) is 2.93. The third-order valence-corrected chi connectivity index (χ3v) is 4.15. The van der Waals surface area contributed by atoms with Gasteiger partial charge in [0.25, 0.3) is 0 Å². The van der Waals surface area contributed by atoms with Gasteiger partial charge in [-0.2, -0.15) is 0 Å². The Morgan fingerprint density at radius 1 is 1.38 bits per heavy atom. The Labute approximate surface area is 125 Å². The molecule has 0 aromatic heterocycles. The minimum atomic E-state index is -0.114. The monoisotopic (exact) mass is 290 g/mol. The Morgan fingerprint density at radius 3 is 3.00 bits per heavy atom. The fraction of sp³-hybridized carbons (Fsp3) is 0.562. The van der Waals surface area contributed by atoms with E-state index >= 15 is 0 Å². The van der Waals surface area contributed by atoms with Crippen molar-refractivity contribution in [2.24, 2.45) is 5.92 Å². The van der Waals surface area contributed by atoms with Gasteiger partial charge >= 0.3 is 0 Å². The summed E-state index contributed by atoms with van der Waals surface area (Å²) in [5.74, 6) is 0.667. The van der Waals surface area contributed by atoms with E-state index in [-0.39, 0.29) is 17.9 Å². The predicted octanol–water partition coefficient (Wildman–Crippen LogP) is 2.27. The van der Waals surface area contributed by atoms with E-state index in [1.807, 2.05) is 18.2 Å². The largest absolute Gasteiger partial charge is 0.491 e. The first-order valence-electron chi connectivity index (χ1n) is 7.67. The molecule has 0 bridgehead atoms. The van der Waals surface area contributed by atoms with E-state index in [1.54, 1.807) is 0 Å². The summed E-state index contributed by atoms with van der Waals surface area (Å²) in [6, 6.07) is 6.05. The normalized spacial score (nSPS) is 24.1. The van der Waals surface area contributed by atoms with E-state index in [2.05, 4.69) is 24.1 Å². The van der Waals surface area contributed by atoms with Gasteiger partial charge in [-0.05, 0) is 25.5 Å². The Bertz CT molecular complexity index is 532. The van der Waals surface area contributed by atoms with Crippen molar-refractivity contribution in [1.29, 1.82) is 0 Å². The van der Waals surface area contributed by atoms with Gasteiger partial charge in [-0.3, -0.25) is 4.79 Å². The maximum absolute atomic E-state index is 12.5. The second kappa shape index (κ2) is 5.93. The minimum Gasteiger partial charge on any atom is -0.491 e. The lowest BCUT2D eigenvalue weighted by Gasteiger charge is -2.30. The summed E-state index contributed by atoms with van der Waals surface area (Å²) in [6.07, 6.45) is 0.939. The maximum atomic E-state index is 12.5. The summed E-state index contributed by atoms with van der Waals surface area (Å²) in [7, 11) is 0. The second-order valence-electron chi connectivity index (χ2n) is 5.49. The Balaban J connectivity index is 2.03. The smallest absolute Gasteiger partial charge is 0.232 e. The van der Waals surface area contributed by atoms with E-state index in [4.69, 9.17) is 9.47 Å². The van der Waals surface area contributed by atoms with Crippen LogP contribution >= 0.6 is 0 Å². The van der Waals surface area contributed by atoms with Crippen LogP contribution in [0.3, 0.4) is 0 Å². The zero-order chi connectivity index (χ0) is 14.8. The Kier molecular flexibility index (Phi) is 4.01. The molecule has 1 aromatic carbocycles. The highest BCUT2D eigenvalue weighted by atomic mass is 16.5. The van der Waals surface area contributed by atoms with Crippen molar-refractivity contribution >= 4 is 17.3 Å². The molecule has 2 aliphatic heterocycles. The number of amides is 1. The first kappa shape index (κ1) is 14.2. The van der Waals surface area contributed by atoms with Gasteiger partial charge in [-0.15, -0.1) is 0 Å². The molecule has 2 unspecified atom stereocenters. The van der Waals surface area contributed by atoms with Crippen LogP contribution in [0.5, 0.6) is 5.75 Å². The van der Waals surface area contributed by atoms with Crippen molar-refractivity contribution in [1.82, 2.24) is 0 Å². The van der Waals surface area contributed by atoms with Crippen LogP contribution in [0.25, 0.3) is 0 Å². The zero-order valence-electron chi connectivity index (χ0n) is 12.6. The summed E-state index contributed by atoms with van der Waals surface area (Å²) in [5, 5.41) is 3.05. The van der Waals surface area contributed by atoms with Gasteiger partial charge in [-0.25, -0.2) is 0 Å². The van der Waals surface area contributed by atoms with Crippen LogP contribution in [0.4, 0.5) is 11.4 Å². The lowest BCUT2D eigenvalue weighted by Crippen LogP contribution is -2.42. The summed E-state index contributed by atoms with van der Waals surface area (Å²) >= 11 is 0. The van der Waals surface area contributed by atoms with Crippen molar-refractivity contribution in [2.45, 2.75) is 26.3 Å². The Hall–Kier alpha value is -1.75. The highest BCUT2D eigenvalue weighted by molar-refractivity contribution is 6.00. The number of nitrogens with zero attached hydrogens (tertiary/aromatic N) is 1. The van der Waals surface area contributed by atoms with Crippen molar-refractivity contribution in [3.8, 4) is 5.75 Å². The van der Waals surface area contributed by atoms with Crippen molar-refractivity contribution in [3.63, 3.8) is 0 Å². The highest BCUT2D eigenvalue weighted by Crippen LogP contribution is 2.41. The molecule has 2 aliphatic rings. The molecule has 1 fully saturated rings. The number of rotatable bonds is 4. The van der Waals surface area contributed by atoms with Gasteiger partial charge in [0.05, 0.1) is 37.5 Å². The van der Waals surface area contributed by atoms with Crippen LogP contribution in [0.2, 0.25) is 0 Å². The number of para-hydroxylation sites is 1. The molecule has 1 saturated heterocycles. The third kappa shape index (κ3) is 2.46. The number of likely N-dealkylation sites (N-methyl/N-ethyl adjacent to an activating group) is 1. The molecule has 2 atom stereocenters. The molecule has 0 radical (unpaired) electrons. The summed E-state index contributed by atoms with van der Waals surface area (Å²) in [5.41, 5.74) is 1.82. The quantitative estimate of drug-likeness (QED) is 0.924. The van der Waals surface area contributed by atoms with Crippen LogP contribution in [0, 0.1) is 5.92 Å². The number of ether oxygens (including phenoxy) is 2. The topological polar surface area (TPSA) is 50.8 Å². The SMILES string of the molecule is CCCOc1cccc2c1NC(=O)C1COCC1N2CC. The number of nitrogens with one attached hydrogen (secondary N) is 1. The zero-order valence-corrected chi connectivity index (χ0v) is 12.6. The van der Waals surface area contributed by atoms with E-state index in [0.29, 0.717) is 19.8 Å². The molecule has 1 amide bonds. The summed E-state index contributed by atoms with van der Waals surface area (Å²) < 4.78 is 11.3. The molecular weight excluding hydrogens is 268 g/mol. The summed E-state index contributed by atoms with van der Waals surface area (Å²) in [4.78, 5) is 14.7. The summed E-state index contributed by atoms with van der Waals surface area (Å²) in [6.45, 7) is 6.75. The van der Waals surface area contributed by atoms with Gasteiger partial charge in [-0.1, -0.05) is 13.0 Å². The standard InChI is InChI=1S/C16H22N2O3/c1-3-8-21-14-7-5-6-12-15(14)17-16(19)11-9-20-10-13(11)18(12)4-2/h5-7,11,13H,3-4,8-10H2,1-2H3,(H,17,19). The van der Waals surface area contributed by atoms with Crippen molar-refractivity contribution in [2.75, 3.05) is 36.6 Å². The van der Waals surface area contributed by atoms with Crippen LogP contribution in [0.1, 0.15) is 20.3 Å². The fourth-order valence-electron chi connectivity index (χ4n) is 3.12. The van der Waals surface area contributed by atoms with Crippen LogP contribution in [-0.2, 0) is 9.53 Å². The van der Waals surface area contributed by atoms with Gasteiger partial charge < -0.3 is 19.7 Å². The maximum Gasteiger partial charge on any atom is 0.232 e. The molecular formula is C16H22N2O3. The van der Waals surface area contributed by atoms with Crippen molar-refractivity contribution in [3.05, 3.63) is 18.2 Å². The molecule has 5 nitrogen and oxygen atoms in total. The van der Waals surface area contributed by atoms with Crippen molar-refractivity contribution < 1.29 is 14.3 Å². The molecule has 0 saturated carbocycles. The molecule has 0 aliphatic carbocycles. The number of fused-ring (bicyclic) bond motifs is 2. The highest BCUT2D eigenvalue weighted by Gasteiger charge is 2.41. The number of carbonyl (C=O) groups excluding carboxylic acids is 1. The molecule has 3 rings (SSSR count). The molecule has 1 N–H and O–H groups in total. The van der Waals surface area contributed by atoms with Crippen LogP contribution in [0.15, 0.2) is 18.2 Å². The first-order chi connectivity index (χ1) is 10.3. The van der Waals surface area contributed by atoms with E-state index in [1.165, 1.54) is 0 Å². The minimum absolute atomic E-state index is 0.0299. The molecule has 21 heavy (non-hydrogen) atoms. The molecule has 2 heterocycles. The number of carbonyl (C=O) groups is 1. The van der Waals surface area contributed by atoms with Gasteiger partial charge in [0.1, 0.15) is 11.4 Å². The lowest BCUT2D eigenvalue weighted by atomic mass is 10.0. The predicted molar refractivity (Wildman–Crippen MR) is 82.0 cm³/mol. The fourth-order valence-corrected chi connectivity index (χ4v) is 3.12.